The Morgan fingerprint density at radius 3 is 2.59 bits per heavy atom. The molecule has 1 aliphatic heterocycles. The predicted octanol–water partition coefficient (Wildman–Crippen LogP) is 4.01. The van der Waals surface area contributed by atoms with Crippen LogP contribution in [0.2, 0.25) is 10.3 Å². The van der Waals surface area contributed by atoms with Crippen molar-refractivity contribution in [2.24, 2.45) is 5.92 Å². The van der Waals surface area contributed by atoms with Crippen molar-refractivity contribution in [3.05, 3.63) is 28.0 Å². The Bertz CT molecular complexity index is 374. The lowest BCUT2D eigenvalue weighted by atomic mass is 9.94. The molecule has 0 saturated carbocycles. The molecule has 0 atom stereocenters. The number of rotatable bonds is 3. The third kappa shape index (κ3) is 3.57. The number of nitrogens with zero attached hydrogens (tertiary/aromatic N) is 2. The molecule has 17 heavy (non-hydrogen) atoms. The summed E-state index contributed by atoms with van der Waals surface area (Å²) < 4.78 is 0. The topological polar surface area (TPSA) is 16.1 Å². The van der Waals surface area contributed by atoms with Gasteiger partial charge in [0.2, 0.25) is 0 Å². The molecule has 1 aromatic rings. The summed E-state index contributed by atoms with van der Waals surface area (Å²) >= 11 is 11.9. The summed E-state index contributed by atoms with van der Waals surface area (Å²) in [5.41, 5.74) is 1.08. The quantitative estimate of drug-likeness (QED) is 0.773. The standard InChI is InChI=1S/C13H18Cl2N2/c1-2-10-5-7-17(8-6-10)9-11-3-4-12(14)16-13(11)15/h3-4,10H,2,5-9H2,1H3. The average Bonchev–Trinajstić information content (AvgIpc) is 2.34. The number of likely N-dealkylation sites (tertiary alicyclic amines) is 1. The zero-order valence-electron chi connectivity index (χ0n) is 10.1. The molecule has 1 saturated heterocycles. The van der Waals surface area contributed by atoms with E-state index in [0.717, 1.165) is 31.1 Å². The Balaban J connectivity index is 1.93. The van der Waals surface area contributed by atoms with Crippen LogP contribution >= 0.6 is 23.2 Å². The van der Waals surface area contributed by atoms with Crippen LogP contribution in [0.4, 0.5) is 0 Å². The van der Waals surface area contributed by atoms with Crippen molar-refractivity contribution in [3.63, 3.8) is 0 Å². The molecule has 0 unspecified atom stereocenters. The van der Waals surface area contributed by atoms with Gasteiger partial charge in [0.15, 0.2) is 0 Å². The fourth-order valence-electron chi connectivity index (χ4n) is 2.35. The van der Waals surface area contributed by atoms with E-state index < -0.39 is 0 Å². The van der Waals surface area contributed by atoms with Gasteiger partial charge in [-0.05, 0) is 37.9 Å². The summed E-state index contributed by atoms with van der Waals surface area (Å²) in [6, 6.07) is 3.78. The van der Waals surface area contributed by atoms with Gasteiger partial charge in [0.05, 0.1) is 0 Å². The lowest BCUT2D eigenvalue weighted by Gasteiger charge is -2.31. The molecule has 2 heterocycles. The van der Waals surface area contributed by atoms with Crippen LogP contribution < -0.4 is 0 Å². The number of aromatic nitrogens is 1. The van der Waals surface area contributed by atoms with E-state index in [1.54, 1.807) is 0 Å². The molecule has 0 N–H and O–H groups in total. The van der Waals surface area contributed by atoms with Crippen molar-refractivity contribution in [3.8, 4) is 0 Å². The Labute approximate surface area is 113 Å². The summed E-state index contributed by atoms with van der Waals surface area (Å²) in [6.07, 6.45) is 3.90. The highest BCUT2D eigenvalue weighted by molar-refractivity contribution is 6.32. The third-order valence-electron chi connectivity index (χ3n) is 3.57. The molecule has 1 aromatic heterocycles. The minimum Gasteiger partial charge on any atom is -0.299 e. The fraction of sp³-hybridized carbons (Fsp3) is 0.615. The largest absolute Gasteiger partial charge is 0.299 e. The SMILES string of the molecule is CCC1CCN(Cc2ccc(Cl)nc2Cl)CC1. The van der Waals surface area contributed by atoms with Gasteiger partial charge in [0.25, 0.3) is 0 Å². The van der Waals surface area contributed by atoms with Crippen molar-refractivity contribution in [2.75, 3.05) is 13.1 Å². The average molecular weight is 273 g/mol. The van der Waals surface area contributed by atoms with Crippen LogP contribution in [0.15, 0.2) is 12.1 Å². The molecule has 0 bridgehead atoms. The first-order valence-electron chi connectivity index (χ1n) is 6.22. The van der Waals surface area contributed by atoms with Crippen LogP contribution in [-0.4, -0.2) is 23.0 Å². The number of hydrogen-bond donors (Lipinski definition) is 0. The van der Waals surface area contributed by atoms with Gasteiger partial charge >= 0.3 is 0 Å². The summed E-state index contributed by atoms with van der Waals surface area (Å²) in [5, 5.41) is 0.999. The normalized spacial score (nSPS) is 18.5. The lowest BCUT2D eigenvalue weighted by Crippen LogP contribution is -2.33. The Morgan fingerprint density at radius 2 is 2.00 bits per heavy atom. The fourth-order valence-corrected chi connectivity index (χ4v) is 2.76. The van der Waals surface area contributed by atoms with Gasteiger partial charge in [-0.15, -0.1) is 0 Å². The molecule has 4 heteroatoms. The summed E-state index contributed by atoms with van der Waals surface area (Å²) in [6.45, 7) is 5.49. The summed E-state index contributed by atoms with van der Waals surface area (Å²) in [4.78, 5) is 6.52. The van der Waals surface area contributed by atoms with Crippen molar-refractivity contribution in [1.29, 1.82) is 0 Å². The van der Waals surface area contributed by atoms with Crippen LogP contribution in [0, 0.1) is 5.92 Å². The molecule has 94 valence electrons. The van der Waals surface area contributed by atoms with Gasteiger partial charge in [0.1, 0.15) is 10.3 Å². The molecule has 0 aromatic carbocycles. The Kier molecular flexibility index (Phi) is 4.66. The maximum atomic E-state index is 6.08. The molecule has 1 aliphatic rings. The molecule has 0 aliphatic carbocycles. The highest BCUT2D eigenvalue weighted by Crippen LogP contribution is 2.23. The zero-order chi connectivity index (χ0) is 12.3. The highest BCUT2D eigenvalue weighted by atomic mass is 35.5. The Morgan fingerprint density at radius 1 is 1.29 bits per heavy atom. The van der Waals surface area contributed by atoms with E-state index in [9.17, 15) is 0 Å². The van der Waals surface area contributed by atoms with Gasteiger partial charge in [-0.2, -0.15) is 0 Å². The predicted molar refractivity (Wildman–Crippen MR) is 72.5 cm³/mol. The van der Waals surface area contributed by atoms with Crippen LogP contribution in [-0.2, 0) is 6.54 Å². The monoisotopic (exact) mass is 272 g/mol. The first-order chi connectivity index (χ1) is 8.19. The first kappa shape index (κ1) is 13.1. The van der Waals surface area contributed by atoms with Crippen molar-refractivity contribution >= 4 is 23.2 Å². The van der Waals surface area contributed by atoms with Gasteiger partial charge in [-0.25, -0.2) is 4.98 Å². The Hall–Kier alpha value is -0.310. The molecule has 2 rings (SSSR count). The summed E-state index contributed by atoms with van der Waals surface area (Å²) in [5.74, 6) is 0.907. The maximum Gasteiger partial charge on any atom is 0.135 e. The first-order valence-corrected chi connectivity index (χ1v) is 6.98. The second-order valence-electron chi connectivity index (χ2n) is 4.71. The van der Waals surface area contributed by atoms with Gasteiger partial charge in [-0.1, -0.05) is 42.6 Å². The minimum absolute atomic E-state index is 0.462. The van der Waals surface area contributed by atoms with Crippen molar-refractivity contribution < 1.29 is 0 Å². The highest BCUT2D eigenvalue weighted by Gasteiger charge is 2.18. The van der Waals surface area contributed by atoms with E-state index >= 15 is 0 Å². The number of pyridine rings is 1. The van der Waals surface area contributed by atoms with E-state index in [1.165, 1.54) is 19.3 Å². The van der Waals surface area contributed by atoms with Crippen LogP contribution in [0.3, 0.4) is 0 Å². The van der Waals surface area contributed by atoms with Crippen LogP contribution in [0.25, 0.3) is 0 Å². The maximum absolute atomic E-state index is 6.08. The van der Waals surface area contributed by atoms with E-state index in [4.69, 9.17) is 23.2 Å². The van der Waals surface area contributed by atoms with Crippen molar-refractivity contribution in [1.82, 2.24) is 9.88 Å². The van der Waals surface area contributed by atoms with Crippen LogP contribution in [0.1, 0.15) is 31.7 Å². The van der Waals surface area contributed by atoms with Crippen LogP contribution in [0.5, 0.6) is 0 Å². The molecule has 0 amide bonds. The summed E-state index contributed by atoms with van der Waals surface area (Å²) in [7, 11) is 0. The molecule has 1 fully saturated rings. The number of halogens is 2. The second kappa shape index (κ2) is 6.03. The van der Waals surface area contributed by atoms with Gasteiger partial charge in [-0.3, -0.25) is 4.90 Å². The van der Waals surface area contributed by atoms with Gasteiger partial charge in [0, 0.05) is 12.1 Å². The molecule has 2 nitrogen and oxygen atoms in total. The third-order valence-corrected chi connectivity index (χ3v) is 4.11. The molecular weight excluding hydrogens is 255 g/mol. The van der Waals surface area contributed by atoms with E-state index in [2.05, 4.69) is 16.8 Å². The zero-order valence-corrected chi connectivity index (χ0v) is 11.6. The lowest BCUT2D eigenvalue weighted by molar-refractivity contribution is 0.175. The number of piperidine rings is 1. The van der Waals surface area contributed by atoms with Crippen molar-refractivity contribution in [2.45, 2.75) is 32.7 Å². The van der Waals surface area contributed by atoms with E-state index in [0.29, 0.717) is 10.3 Å². The molecular formula is C13H18Cl2N2. The number of hydrogen-bond acceptors (Lipinski definition) is 2. The van der Waals surface area contributed by atoms with Gasteiger partial charge < -0.3 is 0 Å². The smallest absolute Gasteiger partial charge is 0.135 e. The van der Waals surface area contributed by atoms with E-state index in [1.807, 2.05) is 12.1 Å². The molecule has 0 radical (unpaired) electrons. The molecule has 0 spiro atoms. The second-order valence-corrected chi connectivity index (χ2v) is 5.46. The van der Waals surface area contributed by atoms with E-state index in [-0.39, 0.29) is 0 Å². The minimum atomic E-state index is 0.462.